The van der Waals surface area contributed by atoms with Crippen LogP contribution in [0.3, 0.4) is 0 Å². The Morgan fingerprint density at radius 3 is 2.84 bits per heavy atom. The molecule has 0 spiro atoms. The second-order valence-corrected chi connectivity index (χ2v) is 7.03. The monoisotopic (exact) mass is 344 g/mol. The number of hydrogen-bond acceptors (Lipinski definition) is 6. The van der Waals surface area contributed by atoms with Crippen LogP contribution in [0, 0.1) is 6.92 Å². The van der Waals surface area contributed by atoms with Gasteiger partial charge in [-0.05, 0) is 46.2 Å². The quantitative estimate of drug-likeness (QED) is 0.908. The van der Waals surface area contributed by atoms with Crippen LogP contribution >= 0.6 is 0 Å². The molecule has 25 heavy (non-hydrogen) atoms. The normalized spacial score (nSPS) is 19.8. The second-order valence-electron chi connectivity index (χ2n) is 7.03. The maximum absolute atomic E-state index is 12.4. The van der Waals surface area contributed by atoms with Crippen LogP contribution in [-0.4, -0.2) is 49.9 Å². The first kappa shape index (κ1) is 16.3. The molecule has 2 aliphatic rings. The van der Waals surface area contributed by atoms with Gasteiger partial charge >= 0.3 is 0 Å². The number of aryl methyl sites for hydroxylation is 2. The molecule has 134 valence electrons. The maximum atomic E-state index is 12.4. The van der Waals surface area contributed by atoms with Gasteiger partial charge in [0.15, 0.2) is 5.82 Å². The van der Waals surface area contributed by atoms with Gasteiger partial charge in [-0.2, -0.15) is 0 Å². The summed E-state index contributed by atoms with van der Waals surface area (Å²) in [5, 5.41) is 15.4. The van der Waals surface area contributed by atoms with Gasteiger partial charge in [0.05, 0.1) is 6.04 Å². The van der Waals surface area contributed by atoms with Crippen molar-refractivity contribution in [3.8, 4) is 0 Å². The number of likely N-dealkylation sites (tertiary alicyclic amines) is 1. The number of rotatable bonds is 4. The molecule has 0 saturated carbocycles. The molecule has 2 aliphatic heterocycles. The third kappa shape index (κ3) is 3.18. The fraction of sp³-hybridized carbons (Fsp3) is 0.647. The Hall–Kier alpha value is -2.22. The highest BCUT2D eigenvalue weighted by molar-refractivity contribution is 5.93. The average molecular weight is 344 g/mol. The summed E-state index contributed by atoms with van der Waals surface area (Å²) >= 11 is 0. The summed E-state index contributed by atoms with van der Waals surface area (Å²) in [5.74, 6) is 3.84. The standard InChI is InChI=1S/C17H24N6O2/c1-11-10-14(21-25-11)18-17(24)12(2)22-8-5-13(6-9-22)16-20-19-15-4-3-7-23(15)16/h10,12-13H,3-9H2,1-2H3,(H,18,21,24)/t12-/m1/s1. The lowest BCUT2D eigenvalue weighted by atomic mass is 9.95. The van der Waals surface area contributed by atoms with Crippen LogP contribution in [0.1, 0.15) is 49.5 Å². The first-order chi connectivity index (χ1) is 12.1. The number of fused-ring (bicyclic) bond motifs is 1. The van der Waals surface area contributed by atoms with Crippen molar-refractivity contribution in [3.05, 3.63) is 23.5 Å². The fourth-order valence-corrected chi connectivity index (χ4v) is 3.84. The first-order valence-electron chi connectivity index (χ1n) is 9.02. The van der Waals surface area contributed by atoms with Crippen molar-refractivity contribution in [2.24, 2.45) is 0 Å². The Bertz CT molecular complexity index is 759. The van der Waals surface area contributed by atoms with Crippen molar-refractivity contribution >= 4 is 11.7 Å². The molecule has 8 nitrogen and oxygen atoms in total. The maximum Gasteiger partial charge on any atom is 0.242 e. The van der Waals surface area contributed by atoms with Gasteiger partial charge in [0.25, 0.3) is 0 Å². The fourth-order valence-electron chi connectivity index (χ4n) is 3.84. The van der Waals surface area contributed by atoms with Gasteiger partial charge in [-0.3, -0.25) is 9.69 Å². The molecule has 1 N–H and O–H groups in total. The van der Waals surface area contributed by atoms with E-state index in [1.807, 2.05) is 6.92 Å². The summed E-state index contributed by atoms with van der Waals surface area (Å²) in [6.45, 7) is 6.57. The molecule has 0 aromatic carbocycles. The predicted molar refractivity (Wildman–Crippen MR) is 91.2 cm³/mol. The number of carbonyl (C=O) groups excluding carboxylic acids is 1. The van der Waals surface area contributed by atoms with Crippen LogP contribution in [0.2, 0.25) is 0 Å². The summed E-state index contributed by atoms with van der Waals surface area (Å²) < 4.78 is 7.28. The van der Waals surface area contributed by atoms with E-state index in [-0.39, 0.29) is 11.9 Å². The van der Waals surface area contributed by atoms with E-state index < -0.39 is 0 Å². The molecule has 8 heteroatoms. The third-order valence-electron chi connectivity index (χ3n) is 5.34. The topological polar surface area (TPSA) is 89.1 Å². The van der Waals surface area contributed by atoms with E-state index in [4.69, 9.17) is 4.52 Å². The van der Waals surface area contributed by atoms with Crippen molar-refractivity contribution in [3.63, 3.8) is 0 Å². The molecule has 0 radical (unpaired) electrons. The first-order valence-corrected chi connectivity index (χ1v) is 9.02. The van der Waals surface area contributed by atoms with Crippen LogP contribution in [0.25, 0.3) is 0 Å². The molecule has 4 heterocycles. The van der Waals surface area contributed by atoms with Gasteiger partial charge in [-0.15, -0.1) is 10.2 Å². The van der Waals surface area contributed by atoms with Gasteiger partial charge in [0, 0.05) is 24.9 Å². The largest absolute Gasteiger partial charge is 0.360 e. The zero-order valence-corrected chi connectivity index (χ0v) is 14.7. The van der Waals surface area contributed by atoms with E-state index in [2.05, 4.69) is 30.1 Å². The molecular formula is C17H24N6O2. The summed E-state index contributed by atoms with van der Waals surface area (Å²) in [5.41, 5.74) is 0. The lowest BCUT2D eigenvalue weighted by molar-refractivity contribution is -0.121. The van der Waals surface area contributed by atoms with Crippen molar-refractivity contribution in [1.29, 1.82) is 0 Å². The van der Waals surface area contributed by atoms with Gasteiger partial charge in [-0.25, -0.2) is 0 Å². The number of amides is 1. The minimum atomic E-state index is -0.193. The van der Waals surface area contributed by atoms with E-state index in [1.54, 1.807) is 13.0 Å². The summed E-state index contributed by atoms with van der Waals surface area (Å²) in [7, 11) is 0. The summed E-state index contributed by atoms with van der Waals surface area (Å²) in [6, 6.07) is 1.53. The van der Waals surface area contributed by atoms with E-state index in [9.17, 15) is 4.79 Å². The second kappa shape index (κ2) is 6.59. The molecule has 1 atom stereocenters. The van der Waals surface area contributed by atoms with Gasteiger partial charge in [0.1, 0.15) is 17.4 Å². The van der Waals surface area contributed by atoms with Crippen LogP contribution < -0.4 is 5.32 Å². The number of piperidine rings is 1. The average Bonchev–Trinajstić information content (AvgIpc) is 3.31. The lowest BCUT2D eigenvalue weighted by Crippen LogP contribution is -2.46. The van der Waals surface area contributed by atoms with E-state index >= 15 is 0 Å². The molecule has 1 fully saturated rings. The molecule has 2 aromatic rings. The van der Waals surface area contributed by atoms with E-state index in [1.165, 1.54) is 6.42 Å². The molecular weight excluding hydrogens is 320 g/mol. The Kier molecular flexibility index (Phi) is 4.29. The molecule has 0 unspecified atom stereocenters. The molecule has 4 rings (SSSR count). The predicted octanol–water partition coefficient (Wildman–Crippen LogP) is 1.73. The van der Waals surface area contributed by atoms with Crippen molar-refractivity contribution in [2.45, 2.75) is 58.0 Å². The van der Waals surface area contributed by atoms with Crippen LogP contribution in [0.15, 0.2) is 10.6 Å². The Balaban J connectivity index is 1.34. The minimum Gasteiger partial charge on any atom is -0.360 e. The van der Waals surface area contributed by atoms with Crippen LogP contribution in [-0.2, 0) is 17.8 Å². The zero-order chi connectivity index (χ0) is 17.4. The summed E-state index contributed by atoms with van der Waals surface area (Å²) in [6.07, 6.45) is 4.25. The number of hydrogen-bond donors (Lipinski definition) is 1. The summed E-state index contributed by atoms with van der Waals surface area (Å²) in [4.78, 5) is 14.6. The molecule has 1 saturated heterocycles. The van der Waals surface area contributed by atoms with Gasteiger partial charge in [-0.1, -0.05) is 5.16 Å². The number of nitrogens with zero attached hydrogens (tertiary/aromatic N) is 5. The Morgan fingerprint density at radius 1 is 1.32 bits per heavy atom. The van der Waals surface area contributed by atoms with Crippen LogP contribution in [0.4, 0.5) is 5.82 Å². The molecule has 1 amide bonds. The number of anilines is 1. The SMILES string of the molecule is Cc1cc(NC(=O)[C@@H](C)N2CCC(c3nnc4n3CCC4)CC2)no1. The highest BCUT2D eigenvalue weighted by Crippen LogP contribution is 2.30. The van der Waals surface area contributed by atoms with Gasteiger partial charge < -0.3 is 14.4 Å². The number of aromatic nitrogens is 4. The highest BCUT2D eigenvalue weighted by Gasteiger charge is 2.31. The smallest absolute Gasteiger partial charge is 0.242 e. The van der Waals surface area contributed by atoms with E-state index in [0.717, 1.165) is 50.5 Å². The zero-order valence-electron chi connectivity index (χ0n) is 14.7. The molecule has 0 aliphatic carbocycles. The van der Waals surface area contributed by atoms with Crippen molar-refractivity contribution in [1.82, 2.24) is 24.8 Å². The van der Waals surface area contributed by atoms with Crippen LogP contribution in [0.5, 0.6) is 0 Å². The third-order valence-corrected chi connectivity index (χ3v) is 5.34. The lowest BCUT2D eigenvalue weighted by Gasteiger charge is -2.34. The van der Waals surface area contributed by atoms with Crippen molar-refractivity contribution < 1.29 is 9.32 Å². The highest BCUT2D eigenvalue weighted by atomic mass is 16.5. The Morgan fingerprint density at radius 2 is 2.12 bits per heavy atom. The molecule has 0 bridgehead atoms. The van der Waals surface area contributed by atoms with Gasteiger partial charge in [0.2, 0.25) is 5.91 Å². The van der Waals surface area contributed by atoms with Crippen molar-refractivity contribution in [2.75, 3.05) is 18.4 Å². The number of carbonyl (C=O) groups is 1. The van der Waals surface area contributed by atoms with E-state index in [0.29, 0.717) is 17.5 Å². The molecule has 2 aromatic heterocycles. The Labute approximate surface area is 146 Å². The number of nitrogens with one attached hydrogen (secondary N) is 1. The minimum absolute atomic E-state index is 0.0462.